The van der Waals surface area contributed by atoms with Gasteiger partial charge >= 0.3 is 0 Å². The van der Waals surface area contributed by atoms with Crippen LogP contribution in [0.25, 0.3) is 0 Å². The highest BCUT2D eigenvalue weighted by atomic mass is 35.5. The van der Waals surface area contributed by atoms with E-state index in [0.29, 0.717) is 17.3 Å². The van der Waals surface area contributed by atoms with Crippen LogP contribution in [0.5, 0.6) is 5.88 Å². The highest BCUT2D eigenvalue weighted by Gasteiger charge is 2.45. The van der Waals surface area contributed by atoms with Crippen LogP contribution < -0.4 is 25.4 Å². The number of allylic oxidation sites excluding steroid dienone is 1. The summed E-state index contributed by atoms with van der Waals surface area (Å²) in [7, 11) is 5.01. The minimum Gasteiger partial charge on any atom is -0.479 e. The van der Waals surface area contributed by atoms with Crippen LogP contribution in [0.2, 0.25) is 5.02 Å². The molecule has 1 unspecified atom stereocenters. The summed E-state index contributed by atoms with van der Waals surface area (Å²) in [5.41, 5.74) is -0.108. The Kier molecular flexibility index (Phi) is 7.88. The van der Waals surface area contributed by atoms with Gasteiger partial charge in [-0.1, -0.05) is 31.5 Å². The number of anilines is 3. The van der Waals surface area contributed by atoms with Gasteiger partial charge in [-0.05, 0) is 29.7 Å². The molecule has 3 aromatic rings. The van der Waals surface area contributed by atoms with Crippen LogP contribution in [0, 0.1) is 28.5 Å². The van der Waals surface area contributed by atoms with Crippen LogP contribution in [0.4, 0.5) is 21.7 Å². The van der Waals surface area contributed by atoms with Crippen molar-refractivity contribution in [3.63, 3.8) is 0 Å². The van der Waals surface area contributed by atoms with Gasteiger partial charge in [0.25, 0.3) is 11.5 Å². The average molecular weight is 565 g/mol. The van der Waals surface area contributed by atoms with Crippen molar-refractivity contribution in [2.45, 2.75) is 19.9 Å². The number of nitriles is 1. The molecule has 40 heavy (non-hydrogen) atoms. The number of aromatic nitrogens is 3. The van der Waals surface area contributed by atoms with Gasteiger partial charge in [-0.2, -0.15) is 10.2 Å². The molecule has 4 rings (SSSR count). The number of carbonyl (C=O) groups is 1. The number of nitrogens with one attached hydrogen (secondary N) is 3. The molecule has 206 valence electrons. The SMILES string of the molecule is COc1nc(N(C)C)ncc1N/C(=C1\C(=N)C(=O)N(c2cc(Cl)c[nH]c2=O)C1c1ccc(C#N)c(F)c1)C(C)C. The Hall–Kier alpha value is -4.76. The molecular formula is C27H26ClFN8O3. The van der Waals surface area contributed by atoms with E-state index >= 15 is 0 Å². The molecule has 1 aromatic carbocycles. The van der Waals surface area contributed by atoms with E-state index in [1.807, 2.05) is 13.8 Å². The van der Waals surface area contributed by atoms with E-state index in [4.69, 9.17) is 21.7 Å². The molecule has 0 saturated carbocycles. The Morgan fingerprint density at radius 1 is 1.32 bits per heavy atom. The number of nitrogens with zero attached hydrogens (tertiary/aromatic N) is 5. The number of benzene rings is 1. The molecule has 3 N–H and O–H groups in total. The second-order valence-electron chi connectivity index (χ2n) is 9.43. The van der Waals surface area contributed by atoms with Gasteiger partial charge < -0.3 is 19.9 Å². The van der Waals surface area contributed by atoms with Crippen molar-refractivity contribution in [3.05, 3.63) is 80.2 Å². The van der Waals surface area contributed by atoms with E-state index in [9.17, 15) is 19.2 Å². The van der Waals surface area contributed by atoms with E-state index in [0.717, 1.165) is 11.0 Å². The van der Waals surface area contributed by atoms with E-state index in [2.05, 4.69) is 20.3 Å². The predicted octanol–water partition coefficient (Wildman–Crippen LogP) is 4.03. The van der Waals surface area contributed by atoms with E-state index in [1.165, 1.54) is 37.7 Å². The highest BCUT2D eigenvalue weighted by molar-refractivity contribution is 6.52. The number of ether oxygens (including phenoxy) is 1. The molecule has 13 heteroatoms. The maximum absolute atomic E-state index is 14.9. The molecule has 1 atom stereocenters. The van der Waals surface area contributed by atoms with Crippen molar-refractivity contribution in [1.29, 1.82) is 10.7 Å². The maximum Gasteiger partial charge on any atom is 0.277 e. The van der Waals surface area contributed by atoms with Crippen LogP contribution in [-0.4, -0.2) is 47.8 Å². The first-order valence-electron chi connectivity index (χ1n) is 12.1. The van der Waals surface area contributed by atoms with Gasteiger partial charge in [0, 0.05) is 31.6 Å². The fraction of sp³-hybridized carbons (Fsp3) is 0.259. The number of halogens is 2. The second-order valence-corrected chi connectivity index (χ2v) is 9.87. The zero-order valence-corrected chi connectivity index (χ0v) is 23.1. The molecule has 3 heterocycles. The van der Waals surface area contributed by atoms with E-state index < -0.39 is 29.0 Å². The monoisotopic (exact) mass is 564 g/mol. The summed E-state index contributed by atoms with van der Waals surface area (Å²) in [6.07, 6.45) is 2.79. The van der Waals surface area contributed by atoms with E-state index in [-0.39, 0.29) is 39.2 Å². The largest absolute Gasteiger partial charge is 0.479 e. The number of pyridine rings is 1. The zero-order chi connectivity index (χ0) is 29.3. The first kappa shape index (κ1) is 28.3. The summed E-state index contributed by atoms with van der Waals surface area (Å²) >= 11 is 6.15. The van der Waals surface area contributed by atoms with Crippen LogP contribution in [-0.2, 0) is 4.79 Å². The van der Waals surface area contributed by atoms with Gasteiger partial charge in [-0.15, -0.1) is 0 Å². The lowest BCUT2D eigenvalue weighted by molar-refractivity contribution is -0.112. The molecule has 0 bridgehead atoms. The van der Waals surface area contributed by atoms with E-state index in [1.54, 1.807) is 25.1 Å². The third-order valence-corrected chi connectivity index (χ3v) is 6.46. The summed E-state index contributed by atoms with van der Waals surface area (Å²) in [5, 5.41) is 21.5. The van der Waals surface area contributed by atoms with Crippen LogP contribution in [0.1, 0.15) is 31.0 Å². The van der Waals surface area contributed by atoms with Crippen LogP contribution >= 0.6 is 11.6 Å². The summed E-state index contributed by atoms with van der Waals surface area (Å²) in [6, 6.07) is 5.86. The lowest BCUT2D eigenvalue weighted by Crippen LogP contribution is -2.34. The van der Waals surface area contributed by atoms with Crippen molar-refractivity contribution >= 4 is 40.5 Å². The maximum atomic E-state index is 14.9. The van der Waals surface area contributed by atoms with Gasteiger partial charge in [0.1, 0.15) is 29.0 Å². The molecule has 1 aliphatic rings. The number of methoxy groups -OCH3 is 1. The minimum absolute atomic E-state index is 0.119. The van der Waals surface area contributed by atoms with Gasteiger partial charge in [0.2, 0.25) is 11.8 Å². The molecule has 0 aliphatic carbocycles. The average Bonchev–Trinajstić information content (AvgIpc) is 3.18. The third-order valence-electron chi connectivity index (χ3n) is 6.24. The number of amides is 1. The topological polar surface area (TPSA) is 151 Å². The minimum atomic E-state index is -1.11. The molecular weight excluding hydrogens is 539 g/mol. The zero-order valence-electron chi connectivity index (χ0n) is 22.3. The predicted molar refractivity (Wildman–Crippen MR) is 150 cm³/mol. The summed E-state index contributed by atoms with van der Waals surface area (Å²) in [6.45, 7) is 3.69. The van der Waals surface area contributed by atoms with Crippen LogP contribution in [0.15, 0.2) is 52.7 Å². The summed E-state index contributed by atoms with van der Waals surface area (Å²) in [5.74, 6) is -1.27. The summed E-state index contributed by atoms with van der Waals surface area (Å²) in [4.78, 5) is 40.5. The van der Waals surface area contributed by atoms with Crippen molar-refractivity contribution in [2.24, 2.45) is 5.92 Å². The Balaban J connectivity index is 1.99. The van der Waals surface area contributed by atoms with Crippen molar-refractivity contribution in [3.8, 4) is 11.9 Å². The number of hydrogen-bond donors (Lipinski definition) is 3. The Morgan fingerprint density at radius 3 is 2.65 bits per heavy atom. The number of H-pyrrole nitrogens is 1. The fourth-order valence-corrected chi connectivity index (χ4v) is 4.52. The quantitative estimate of drug-likeness (QED) is 0.389. The van der Waals surface area contributed by atoms with Gasteiger partial charge in [0.05, 0.1) is 29.9 Å². The third kappa shape index (κ3) is 5.11. The van der Waals surface area contributed by atoms with Crippen molar-refractivity contribution in [2.75, 3.05) is 36.3 Å². The number of rotatable bonds is 7. The first-order chi connectivity index (χ1) is 19.0. The van der Waals surface area contributed by atoms with Gasteiger partial charge in [-0.3, -0.25) is 19.9 Å². The first-order valence-corrected chi connectivity index (χ1v) is 12.5. The second kappa shape index (κ2) is 11.2. The van der Waals surface area contributed by atoms with Gasteiger partial charge in [0.15, 0.2) is 0 Å². The lowest BCUT2D eigenvalue weighted by atomic mass is 9.92. The molecule has 2 aromatic heterocycles. The van der Waals surface area contributed by atoms with Gasteiger partial charge in [-0.25, -0.2) is 9.37 Å². The molecule has 1 aliphatic heterocycles. The molecule has 1 saturated heterocycles. The number of aromatic amines is 1. The molecule has 1 fully saturated rings. The number of carbonyl (C=O) groups excluding carboxylic acids is 1. The number of hydrogen-bond acceptors (Lipinski definition) is 9. The van der Waals surface area contributed by atoms with Crippen molar-refractivity contribution in [1.82, 2.24) is 15.0 Å². The Labute approximate surface area is 234 Å². The Bertz CT molecular complexity index is 1640. The molecule has 1 amide bonds. The summed E-state index contributed by atoms with van der Waals surface area (Å²) < 4.78 is 20.3. The smallest absolute Gasteiger partial charge is 0.277 e. The molecule has 11 nitrogen and oxygen atoms in total. The lowest BCUT2D eigenvalue weighted by Gasteiger charge is -2.27. The Morgan fingerprint density at radius 2 is 2.05 bits per heavy atom. The van der Waals surface area contributed by atoms with Crippen molar-refractivity contribution < 1.29 is 13.9 Å². The normalized spacial score (nSPS) is 16.3. The highest BCUT2D eigenvalue weighted by Crippen LogP contribution is 2.42. The standard InChI is InChI=1S/C27H26ClFN8O3/c1-13(2)22(34-18-12-33-27(36(3)4)35-25(18)40-5)20-21(31)26(39)37(19-9-16(28)11-32-24(19)38)23(20)14-6-7-15(10-30)17(29)8-14/h6-9,11-13,23,31,34H,1-5H3,(H,32,38)/b22-20+,31-21?. The van der Waals surface area contributed by atoms with Crippen LogP contribution in [0.3, 0.4) is 0 Å². The molecule has 0 spiro atoms. The molecule has 0 radical (unpaired) electrons. The fourth-order valence-electron chi connectivity index (χ4n) is 4.36.